The van der Waals surface area contributed by atoms with Crippen molar-refractivity contribution >= 4 is 0 Å². The third kappa shape index (κ3) is 1.44. The molecule has 0 bridgehead atoms. The highest BCUT2D eigenvalue weighted by Crippen LogP contribution is 2.22. The van der Waals surface area contributed by atoms with E-state index in [9.17, 15) is 0 Å². The molecule has 0 radical (unpaired) electrons. The van der Waals surface area contributed by atoms with Crippen LogP contribution in [0.2, 0.25) is 0 Å². The zero-order chi connectivity index (χ0) is 11.0. The lowest BCUT2D eigenvalue weighted by Gasteiger charge is -2.12. The van der Waals surface area contributed by atoms with Gasteiger partial charge in [0.25, 0.3) is 0 Å². The molecule has 0 fully saturated rings. The Bertz CT molecular complexity index is 499. The van der Waals surface area contributed by atoms with Gasteiger partial charge in [-0.05, 0) is 0 Å². The zero-order valence-corrected chi connectivity index (χ0v) is 9.40. The van der Waals surface area contributed by atoms with Gasteiger partial charge in [-0.1, -0.05) is 30.3 Å². The van der Waals surface area contributed by atoms with Gasteiger partial charge in [-0.3, -0.25) is 0 Å². The second-order valence-corrected chi connectivity index (χ2v) is 4.18. The summed E-state index contributed by atoms with van der Waals surface area (Å²) in [5, 5.41) is 3.36. The summed E-state index contributed by atoms with van der Waals surface area (Å²) >= 11 is 0. The highest BCUT2D eigenvalue weighted by molar-refractivity contribution is 5.56. The topological polar surface area (TPSA) is 29.9 Å². The molecule has 0 atom stereocenters. The summed E-state index contributed by atoms with van der Waals surface area (Å²) in [7, 11) is 2.11. The maximum atomic E-state index is 4.72. The van der Waals surface area contributed by atoms with E-state index in [1.807, 2.05) is 6.07 Å². The Balaban J connectivity index is 2.12. The normalized spacial score (nSPS) is 14.8. The van der Waals surface area contributed by atoms with Crippen LogP contribution in [0.25, 0.3) is 11.4 Å². The molecule has 0 unspecified atom stereocenters. The van der Waals surface area contributed by atoms with Gasteiger partial charge in [-0.2, -0.15) is 0 Å². The molecule has 0 amide bonds. The molecule has 0 spiro atoms. The predicted octanol–water partition coefficient (Wildman–Crippen LogP) is 1.73. The maximum absolute atomic E-state index is 4.72. The van der Waals surface area contributed by atoms with Gasteiger partial charge in [0.15, 0.2) is 0 Å². The van der Waals surface area contributed by atoms with Crippen molar-refractivity contribution in [3.63, 3.8) is 0 Å². The average Bonchev–Trinajstić information content (AvgIpc) is 2.69. The Hall–Kier alpha value is -1.61. The fourth-order valence-electron chi connectivity index (χ4n) is 2.30. The Labute approximate surface area is 95.1 Å². The Morgan fingerprint density at radius 2 is 2.06 bits per heavy atom. The SMILES string of the molecule is Cn1c(-c2ccccc2)nc2c1CCNC2. The molecule has 1 N–H and O–H groups in total. The number of hydrogen-bond donors (Lipinski definition) is 1. The van der Waals surface area contributed by atoms with Crippen LogP contribution in [0.4, 0.5) is 0 Å². The standard InChI is InChI=1S/C13H15N3/c1-16-12-7-8-14-9-11(12)15-13(16)10-5-3-2-4-6-10/h2-6,14H,7-9H2,1H3. The number of nitrogens with zero attached hydrogens (tertiary/aromatic N) is 2. The molecule has 1 aliphatic heterocycles. The van der Waals surface area contributed by atoms with Crippen LogP contribution in [0, 0.1) is 0 Å². The molecule has 3 heteroatoms. The molecule has 2 aromatic rings. The van der Waals surface area contributed by atoms with Gasteiger partial charge in [-0.25, -0.2) is 4.98 Å². The van der Waals surface area contributed by atoms with E-state index in [0.29, 0.717) is 0 Å². The van der Waals surface area contributed by atoms with Crippen molar-refractivity contribution in [3.8, 4) is 11.4 Å². The van der Waals surface area contributed by atoms with Crippen molar-refractivity contribution in [1.82, 2.24) is 14.9 Å². The van der Waals surface area contributed by atoms with Gasteiger partial charge in [0.1, 0.15) is 5.82 Å². The van der Waals surface area contributed by atoms with E-state index in [1.54, 1.807) is 0 Å². The van der Waals surface area contributed by atoms with E-state index in [2.05, 4.69) is 41.2 Å². The van der Waals surface area contributed by atoms with Gasteiger partial charge in [0.2, 0.25) is 0 Å². The van der Waals surface area contributed by atoms with Gasteiger partial charge >= 0.3 is 0 Å². The summed E-state index contributed by atoms with van der Waals surface area (Å²) in [6.07, 6.45) is 1.08. The highest BCUT2D eigenvalue weighted by Gasteiger charge is 2.17. The lowest BCUT2D eigenvalue weighted by atomic mass is 10.2. The minimum Gasteiger partial charge on any atom is -0.331 e. The van der Waals surface area contributed by atoms with Crippen LogP contribution in [-0.4, -0.2) is 16.1 Å². The fourth-order valence-corrected chi connectivity index (χ4v) is 2.30. The van der Waals surface area contributed by atoms with Crippen molar-refractivity contribution in [2.45, 2.75) is 13.0 Å². The van der Waals surface area contributed by atoms with Crippen LogP contribution in [-0.2, 0) is 20.0 Å². The van der Waals surface area contributed by atoms with Crippen molar-refractivity contribution < 1.29 is 0 Å². The second kappa shape index (κ2) is 3.76. The lowest BCUT2D eigenvalue weighted by Crippen LogP contribution is -2.24. The van der Waals surface area contributed by atoms with Gasteiger partial charge < -0.3 is 9.88 Å². The molecule has 0 aliphatic carbocycles. The van der Waals surface area contributed by atoms with Gasteiger partial charge in [0.05, 0.1) is 5.69 Å². The molecule has 3 rings (SSSR count). The first kappa shape index (κ1) is 9.60. The predicted molar refractivity (Wildman–Crippen MR) is 64.1 cm³/mol. The molecule has 3 nitrogen and oxygen atoms in total. The van der Waals surface area contributed by atoms with Gasteiger partial charge in [0, 0.05) is 37.8 Å². The van der Waals surface area contributed by atoms with Crippen molar-refractivity contribution in [1.29, 1.82) is 0 Å². The molecular weight excluding hydrogens is 198 g/mol. The van der Waals surface area contributed by atoms with E-state index in [-0.39, 0.29) is 0 Å². The van der Waals surface area contributed by atoms with E-state index in [4.69, 9.17) is 4.98 Å². The number of rotatable bonds is 1. The second-order valence-electron chi connectivity index (χ2n) is 4.18. The van der Waals surface area contributed by atoms with E-state index in [0.717, 1.165) is 25.3 Å². The number of hydrogen-bond acceptors (Lipinski definition) is 2. The third-order valence-corrected chi connectivity index (χ3v) is 3.16. The third-order valence-electron chi connectivity index (χ3n) is 3.16. The molecule has 0 saturated carbocycles. The maximum Gasteiger partial charge on any atom is 0.140 e. The summed E-state index contributed by atoms with van der Waals surface area (Å²) in [6, 6.07) is 10.4. The summed E-state index contributed by atoms with van der Waals surface area (Å²) in [6.45, 7) is 1.96. The first-order valence-electron chi connectivity index (χ1n) is 5.67. The minimum absolute atomic E-state index is 0.899. The highest BCUT2D eigenvalue weighted by atomic mass is 15.1. The number of nitrogens with one attached hydrogen (secondary N) is 1. The van der Waals surface area contributed by atoms with Crippen molar-refractivity contribution in [2.24, 2.45) is 7.05 Å². The molecule has 82 valence electrons. The minimum atomic E-state index is 0.899. The van der Waals surface area contributed by atoms with E-state index >= 15 is 0 Å². The average molecular weight is 213 g/mol. The Kier molecular flexibility index (Phi) is 2.26. The van der Waals surface area contributed by atoms with Crippen LogP contribution >= 0.6 is 0 Å². The molecule has 1 aromatic carbocycles. The summed E-state index contributed by atoms with van der Waals surface area (Å²) in [5.74, 6) is 1.08. The first-order valence-corrected chi connectivity index (χ1v) is 5.67. The Morgan fingerprint density at radius 3 is 2.81 bits per heavy atom. The number of benzene rings is 1. The summed E-state index contributed by atoms with van der Waals surface area (Å²) in [4.78, 5) is 4.72. The fraction of sp³-hybridized carbons (Fsp3) is 0.308. The number of aromatic nitrogens is 2. The van der Waals surface area contributed by atoms with E-state index in [1.165, 1.54) is 17.0 Å². The smallest absolute Gasteiger partial charge is 0.140 e. The molecular formula is C13H15N3. The molecule has 0 saturated heterocycles. The molecule has 2 heterocycles. The summed E-state index contributed by atoms with van der Waals surface area (Å²) < 4.78 is 2.23. The number of imidazole rings is 1. The zero-order valence-electron chi connectivity index (χ0n) is 9.40. The van der Waals surface area contributed by atoms with Crippen LogP contribution < -0.4 is 5.32 Å². The van der Waals surface area contributed by atoms with Crippen LogP contribution in [0.15, 0.2) is 30.3 Å². The van der Waals surface area contributed by atoms with Gasteiger partial charge in [-0.15, -0.1) is 0 Å². The monoisotopic (exact) mass is 213 g/mol. The summed E-state index contributed by atoms with van der Waals surface area (Å²) in [5.41, 5.74) is 3.77. The molecule has 1 aliphatic rings. The van der Waals surface area contributed by atoms with Crippen molar-refractivity contribution in [3.05, 3.63) is 41.7 Å². The number of fused-ring (bicyclic) bond motifs is 1. The van der Waals surface area contributed by atoms with Crippen LogP contribution in [0.1, 0.15) is 11.4 Å². The first-order chi connectivity index (χ1) is 7.86. The van der Waals surface area contributed by atoms with E-state index < -0.39 is 0 Å². The molecule has 16 heavy (non-hydrogen) atoms. The quantitative estimate of drug-likeness (QED) is 0.782. The largest absolute Gasteiger partial charge is 0.331 e. The Morgan fingerprint density at radius 1 is 1.25 bits per heavy atom. The molecule has 1 aromatic heterocycles. The lowest BCUT2D eigenvalue weighted by molar-refractivity contribution is 0.612. The van der Waals surface area contributed by atoms with Crippen LogP contribution in [0.3, 0.4) is 0 Å². The van der Waals surface area contributed by atoms with Crippen molar-refractivity contribution in [2.75, 3.05) is 6.54 Å². The van der Waals surface area contributed by atoms with Crippen LogP contribution in [0.5, 0.6) is 0 Å².